The Hall–Kier alpha value is -1.26. The predicted octanol–water partition coefficient (Wildman–Crippen LogP) is 1.89. The summed E-state index contributed by atoms with van der Waals surface area (Å²) in [4.78, 5) is 2.32. The third-order valence-electron chi connectivity index (χ3n) is 2.95. The quantitative estimate of drug-likeness (QED) is 0.767. The Balaban J connectivity index is 2.79. The van der Waals surface area contributed by atoms with E-state index in [1.54, 1.807) is 14.2 Å². The van der Waals surface area contributed by atoms with E-state index in [9.17, 15) is 0 Å². The monoisotopic (exact) mass is 252 g/mol. The van der Waals surface area contributed by atoms with Crippen molar-refractivity contribution < 1.29 is 9.47 Å². The maximum Gasteiger partial charge on any atom is 0.119 e. The third kappa shape index (κ3) is 4.20. The van der Waals surface area contributed by atoms with Crippen molar-refractivity contribution >= 4 is 5.69 Å². The van der Waals surface area contributed by atoms with Crippen LogP contribution in [0.1, 0.15) is 13.3 Å². The van der Waals surface area contributed by atoms with Gasteiger partial charge in [0.15, 0.2) is 0 Å². The Kier molecular flexibility index (Phi) is 6.54. The van der Waals surface area contributed by atoms with Crippen LogP contribution in [0.4, 0.5) is 5.69 Å². The van der Waals surface area contributed by atoms with Crippen molar-refractivity contribution in [3.8, 4) is 5.75 Å². The van der Waals surface area contributed by atoms with E-state index in [1.165, 1.54) is 5.69 Å². The number of benzene rings is 1. The highest BCUT2D eigenvalue weighted by atomic mass is 16.5. The summed E-state index contributed by atoms with van der Waals surface area (Å²) in [7, 11) is 3.40. The molecule has 0 bridgehead atoms. The van der Waals surface area contributed by atoms with Crippen molar-refractivity contribution in [3.05, 3.63) is 24.3 Å². The van der Waals surface area contributed by atoms with Gasteiger partial charge < -0.3 is 20.1 Å². The second-order valence-corrected chi connectivity index (χ2v) is 4.34. The summed E-state index contributed by atoms with van der Waals surface area (Å²) >= 11 is 0. The smallest absolute Gasteiger partial charge is 0.119 e. The average molecular weight is 252 g/mol. The first kappa shape index (κ1) is 14.8. The molecule has 1 atom stereocenters. The zero-order valence-electron chi connectivity index (χ0n) is 11.6. The summed E-state index contributed by atoms with van der Waals surface area (Å²) in [6.45, 7) is 4.50. The molecule has 0 aliphatic rings. The van der Waals surface area contributed by atoms with Crippen molar-refractivity contribution in [1.29, 1.82) is 0 Å². The molecule has 0 aromatic heterocycles. The van der Waals surface area contributed by atoms with Crippen molar-refractivity contribution in [3.63, 3.8) is 0 Å². The first-order chi connectivity index (χ1) is 8.72. The maximum absolute atomic E-state index is 5.60. The van der Waals surface area contributed by atoms with Crippen LogP contribution in [-0.4, -0.2) is 40.0 Å². The van der Waals surface area contributed by atoms with Gasteiger partial charge in [0, 0.05) is 25.4 Å². The molecular formula is C14H24N2O2. The van der Waals surface area contributed by atoms with Gasteiger partial charge in [0.05, 0.1) is 13.7 Å². The van der Waals surface area contributed by atoms with E-state index in [-0.39, 0.29) is 0 Å². The second-order valence-electron chi connectivity index (χ2n) is 4.34. The van der Waals surface area contributed by atoms with E-state index in [4.69, 9.17) is 15.2 Å². The first-order valence-corrected chi connectivity index (χ1v) is 6.32. The number of hydrogen-bond acceptors (Lipinski definition) is 4. The van der Waals surface area contributed by atoms with Gasteiger partial charge in [-0.25, -0.2) is 0 Å². The summed E-state index contributed by atoms with van der Waals surface area (Å²) < 4.78 is 10.4. The molecule has 0 aliphatic heterocycles. The molecule has 0 saturated heterocycles. The summed E-state index contributed by atoms with van der Waals surface area (Å²) in [6, 6.07) is 8.42. The number of anilines is 1. The minimum atomic E-state index is 0.329. The normalized spacial score (nSPS) is 12.2. The second kappa shape index (κ2) is 7.95. The molecular weight excluding hydrogens is 228 g/mol. The molecule has 18 heavy (non-hydrogen) atoms. The topological polar surface area (TPSA) is 47.7 Å². The standard InChI is InChI=1S/C14H24N2O2/c1-12(11-17-2)16(10-4-9-15)13-5-7-14(18-3)8-6-13/h5-8,12H,4,9-11,15H2,1-3H3. The van der Waals surface area contributed by atoms with Crippen LogP contribution in [0.15, 0.2) is 24.3 Å². The third-order valence-corrected chi connectivity index (χ3v) is 2.95. The highest BCUT2D eigenvalue weighted by molar-refractivity contribution is 5.49. The fourth-order valence-electron chi connectivity index (χ4n) is 1.97. The number of nitrogens with zero attached hydrogens (tertiary/aromatic N) is 1. The summed E-state index contributed by atoms with van der Waals surface area (Å²) in [5, 5.41) is 0. The van der Waals surface area contributed by atoms with E-state index < -0.39 is 0 Å². The molecule has 0 aliphatic carbocycles. The van der Waals surface area contributed by atoms with Crippen LogP contribution >= 0.6 is 0 Å². The lowest BCUT2D eigenvalue weighted by Crippen LogP contribution is -2.37. The number of nitrogens with two attached hydrogens (primary N) is 1. The molecule has 4 heteroatoms. The van der Waals surface area contributed by atoms with Crippen LogP contribution in [0.3, 0.4) is 0 Å². The number of hydrogen-bond donors (Lipinski definition) is 1. The predicted molar refractivity (Wildman–Crippen MR) is 75.3 cm³/mol. The van der Waals surface area contributed by atoms with E-state index in [0.29, 0.717) is 19.2 Å². The largest absolute Gasteiger partial charge is 0.497 e. The molecule has 0 radical (unpaired) electrons. The highest BCUT2D eigenvalue weighted by Gasteiger charge is 2.13. The van der Waals surface area contributed by atoms with Crippen LogP contribution in [0.25, 0.3) is 0 Å². The molecule has 102 valence electrons. The lowest BCUT2D eigenvalue weighted by atomic mass is 10.2. The Morgan fingerprint density at radius 2 is 1.89 bits per heavy atom. The zero-order valence-corrected chi connectivity index (χ0v) is 11.6. The lowest BCUT2D eigenvalue weighted by Gasteiger charge is -2.31. The van der Waals surface area contributed by atoms with Crippen molar-refractivity contribution in [2.24, 2.45) is 5.73 Å². The lowest BCUT2D eigenvalue weighted by molar-refractivity contribution is 0.181. The summed E-state index contributed by atoms with van der Waals surface area (Å²) in [5.41, 5.74) is 6.77. The van der Waals surface area contributed by atoms with Crippen molar-refractivity contribution in [2.45, 2.75) is 19.4 Å². The zero-order chi connectivity index (χ0) is 13.4. The van der Waals surface area contributed by atoms with E-state index in [1.807, 2.05) is 12.1 Å². The van der Waals surface area contributed by atoms with Gasteiger partial charge in [-0.2, -0.15) is 0 Å². The minimum absolute atomic E-state index is 0.329. The maximum atomic E-state index is 5.60. The van der Waals surface area contributed by atoms with Gasteiger partial charge in [-0.15, -0.1) is 0 Å². The molecule has 1 unspecified atom stereocenters. The van der Waals surface area contributed by atoms with Gasteiger partial charge in [-0.1, -0.05) is 0 Å². The van der Waals surface area contributed by atoms with Gasteiger partial charge in [0.25, 0.3) is 0 Å². The highest BCUT2D eigenvalue weighted by Crippen LogP contribution is 2.21. The Morgan fingerprint density at radius 3 is 2.39 bits per heavy atom. The molecule has 0 spiro atoms. The molecule has 2 N–H and O–H groups in total. The van der Waals surface area contributed by atoms with Gasteiger partial charge >= 0.3 is 0 Å². The van der Waals surface area contributed by atoms with Crippen LogP contribution in [-0.2, 0) is 4.74 Å². The number of rotatable bonds is 8. The number of methoxy groups -OCH3 is 2. The van der Waals surface area contributed by atoms with Crippen LogP contribution in [0, 0.1) is 0 Å². The van der Waals surface area contributed by atoms with E-state index >= 15 is 0 Å². The van der Waals surface area contributed by atoms with Crippen LogP contribution in [0.2, 0.25) is 0 Å². The van der Waals surface area contributed by atoms with Crippen molar-refractivity contribution in [2.75, 3.05) is 38.8 Å². The molecule has 1 rings (SSSR count). The van der Waals surface area contributed by atoms with Gasteiger partial charge in [-0.3, -0.25) is 0 Å². The molecule has 0 fully saturated rings. The molecule has 1 aromatic rings. The summed E-state index contributed by atoms with van der Waals surface area (Å²) in [6.07, 6.45) is 0.972. The molecule has 0 saturated carbocycles. The summed E-state index contributed by atoms with van der Waals surface area (Å²) in [5.74, 6) is 0.872. The fourth-order valence-corrected chi connectivity index (χ4v) is 1.97. The molecule has 1 aromatic carbocycles. The molecule has 0 heterocycles. The van der Waals surface area contributed by atoms with Gasteiger partial charge in [0.2, 0.25) is 0 Å². The SMILES string of the molecule is COCC(C)N(CCCN)c1ccc(OC)cc1. The average Bonchev–Trinajstić information content (AvgIpc) is 2.40. The van der Waals surface area contributed by atoms with Gasteiger partial charge in [-0.05, 0) is 44.2 Å². The Bertz CT molecular complexity index is 327. The minimum Gasteiger partial charge on any atom is -0.497 e. The number of ether oxygens (including phenoxy) is 2. The van der Waals surface area contributed by atoms with Crippen LogP contribution in [0.5, 0.6) is 5.75 Å². The Labute approximate surface area is 110 Å². The van der Waals surface area contributed by atoms with E-state index in [2.05, 4.69) is 24.0 Å². The molecule has 4 nitrogen and oxygen atoms in total. The van der Waals surface area contributed by atoms with E-state index in [0.717, 1.165) is 18.7 Å². The Morgan fingerprint density at radius 1 is 1.22 bits per heavy atom. The molecule has 0 amide bonds. The van der Waals surface area contributed by atoms with Gasteiger partial charge in [0.1, 0.15) is 5.75 Å². The fraction of sp³-hybridized carbons (Fsp3) is 0.571. The first-order valence-electron chi connectivity index (χ1n) is 6.32. The van der Waals surface area contributed by atoms with Crippen molar-refractivity contribution in [1.82, 2.24) is 0 Å². The van der Waals surface area contributed by atoms with Crippen LogP contribution < -0.4 is 15.4 Å².